The summed E-state index contributed by atoms with van der Waals surface area (Å²) in [4.78, 5) is 0.994. The maximum atomic E-state index is 13.0. The summed E-state index contributed by atoms with van der Waals surface area (Å²) in [6.07, 6.45) is 0.197. The Balaban J connectivity index is 2.15. The molecule has 2 rings (SSSR count). The largest absolute Gasteiger partial charge is 0.393 e. The van der Waals surface area contributed by atoms with E-state index in [9.17, 15) is 13.2 Å². The standard InChI is InChI=1S/C14H18F3NS/c1-19-13-9-5-4-8-12(13)18-11-7-3-2-6-10(11)14(15,16)17/h4-5,8-11,18H,2-3,6-7H2,1H3. The van der Waals surface area contributed by atoms with E-state index in [0.717, 1.165) is 17.0 Å². The van der Waals surface area contributed by atoms with Gasteiger partial charge in [-0.25, -0.2) is 0 Å². The van der Waals surface area contributed by atoms with Gasteiger partial charge in [0.1, 0.15) is 0 Å². The van der Waals surface area contributed by atoms with Crippen LogP contribution in [0.1, 0.15) is 25.7 Å². The first-order chi connectivity index (χ1) is 9.02. The van der Waals surface area contributed by atoms with Crippen LogP contribution in [0.4, 0.5) is 18.9 Å². The van der Waals surface area contributed by atoms with Crippen molar-refractivity contribution >= 4 is 17.4 Å². The molecule has 2 atom stereocenters. The number of benzene rings is 1. The average Bonchev–Trinajstić information content (AvgIpc) is 2.39. The fourth-order valence-electron chi connectivity index (χ4n) is 2.66. The van der Waals surface area contributed by atoms with Crippen LogP contribution in [-0.4, -0.2) is 18.5 Å². The summed E-state index contributed by atoms with van der Waals surface area (Å²) >= 11 is 1.55. The molecule has 0 heterocycles. The van der Waals surface area contributed by atoms with Crippen molar-refractivity contribution in [2.24, 2.45) is 5.92 Å². The molecule has 0 aliphatic heterocycles. The molecule has 1 saturated carbocycles. The van der Waals surface area contributed by atoms with Crippen LogP contribution in [0.25, 0.3) is 0 Å². The van der Waals surface area contributed by atoms with Crippen LogP contribution in [0.15, 0.2) is 29.2 Å². The number of para-hydroxylation sites is 1. The van der Waals surface area contributed by atoms with E-state index in [0.29, 0.717) is 12.8 Å². The Morgan fingerprint density at radius 3 is 2.53 bits per heavy atom. The number of halogens is 3. The van der Waals surface area contributed by atoms with Crippen LogP contribution < -0.4 is 5.32 Å². The van der Waals surface area contributed by atoms with Gasteiger partial charge in [-0.05, 0) is 31.2 Å². The minimum Gasteiger partial charge on any atom is -0.381 e. The van der Waals surface area contributed by atoms with Crippen molar-refractivity contribution in [1.29, 1.82) is 0 Å². The topological polar surface area (TPSA) is 12.0 Å². The summed E-state index contributed by atoms with van der Waals surface area (Å²) in [6.45, 7) is 0. The molecule has 0 radical (unpaired) electrons. The molecule has 0 bridgehead atoms. The van der Waals surface area contributed by atoms with Gasteiger partial charge in [-0.3, -0.25) is 0 Å². The van der Waals surface area contributed by atoms with Crippen LogP contribution in [0.2, 0.25) is 0 Å². The monoisotopic (exact) mass is 289 g/mol. The fraction of sp³-hybridized carbons (Fsp3) is 0.571. The second-order valence-electron chi connectivity index (χ2n) is 4.88. The summed E-state index contributed by atoms with van der Waals surface area (Å²) in [7, 11) is 0. The zero-order valence-corrected chi connectivity index (χ0v) is 11.7. The highest BCUT2D eigenvalue weighted by molar-refractivity contribution is 7.98. The number of hydrogen-bond donors (Lipinski definition) is 1. The van der Waals surface area contributed by atoms with E-state index in [-0.39, 0.29) is 6.42 Å². The second kappa shape index (κ2) is 6.07. The van der Waals surface area contributed by atoms with Gasteiger partial charge in [0.05, 0.1) is 5.92 Å². The quantitative estimate of drug-likeness (QED) is 0.791. The third-order valence-electron chi connectivity index (χ3n) is 3.63. The van der Waals surface area contributed by atoms with Crippen molar-refractivity contribution in [1.82, 2.24) is 0 Å². The van der Waals surface area contributed by atoms with E-state index in [1.54, 1.807) is 11.8 Å². The van der Waals surface area contributed by atoms with E-state index < -0.39 is 18.1 Å². The molecule has 1 N–H and O–H groups in total. The van der Waals surface area contributed by atoms with Gasteiger partial charge in [-0.1, -0.05) is 25.0 Å². The summed E-state index contributed by atoms with van der Waals surface area (Å²) in [5.74, 6) is -1.23. The highest BCUT2D eigenvalue weighted by Gasteiger charge is 2.45. The van der Waals surface area contributed by atoms with E-state index in [2.05, 4.69) is 5.32 Å². The van der Waals surface area contributed by atoms with Crippen LogP contribution in [0, 0.1) is 5.92 Å². The molecule has 1 aromatic rings. The maximum Gasteiger partial charge on any atom is 0.393 e. The van der Waals surface area contributed by atoms with Gasteiger partial charge in [0.15, 0.2) is 0 Å². The molecule has 1 fully saturated rings. The molecule has 19 heavy (non-hydrogen) atoms. The Morgan fingerprint density at radius 1 is 1.16 bits per heavy atom. The predicted molar refractivity (Wildman–Crippen MR) is 73.6 cm³/mol. The Kier molecular flexibility index (Phi) is 4.66. The van der Waals surface area contributed by atoms with Crippen molar-refractivity contribution in [3.8, 4) is 0 Å². The summed E-state index contributed by atoms with van der Waals surface area (Å²) in [5, 5.41) is 3.12. The smallest absolute Gasteiger partial charge is 0.381 e. The molecule has 1 aromatic carbocycles. The highest BCUT2D eigenvalue weighted by atomic mass is 32.2. The van der Waals surface area contributed by atoms with E-state index in [1.165, 1.54) is 0 Å². The van der Waals surface area contributed by atoms with E-state index in [4.69, 9.17) is 0 Å². The highest BCUT2D eigenvalue weighted by Crippen LogP contribution is 2.39. The Bertz CT molecular complexity index is 419. The Hall–Kier alpha value is -0.840. The number of anilines is 1. The molecule has 5 heteroatoms. The molecule has 106 valence electrons. The normalized spacial score (nSPS) is 24.2. The molecule has 0 aromatic heterocycles. The summed E-state index contributed by atoms with van der Waals surface area (Å²) in [6, 6.07) is 7.04. The van der Waals surface area contributed by atoms with Crippen LogP contribution in [0.5, 0.6) is 0 Å². The van der Waals surface area contributed by atoms with Gasteiger partial charge in [-0.15, -0.1) is 11.8 Å². The number of alkyl halides is 3. The molecule has 1 aliphatic rings. The molecule has 0 amide bonds. The van der Waals surface area contributed by atoms with E-state index in [1.807, 2.05) is 30.5 Å². The minimum atomic E-state index is -4.10. The molecule has 1 nitrogen and oxygen atoms in total. The number of thioether (sulfide) groups is 1. The predicted octanol–water partition coefficient (Wildman–Crippen LogP) is 4.94. The van der Waals surface area contributed by atoms with Gasteiger partial charge >= 0.3 is 6.18 Å². The molecule has 0 saturated heterocycles. The maximum absolute atomic E-state index is 13.0. The lowest BCUT2D eigenvalue weighted by Crippen LogP contribution is -2.41. The second-order valence-corrected chi connectivity index (χ2v) is 5.73. The first-order valence-corrected chi connectivity index (χ1v) is 7.71. The number of hydrogen-bond acceptors (Lipinski definition) is 2. The van der Waals surface area contributed by atoms with Crippen molar-refractivity contribution in [2.75, 3.05) is 11.6 Å². The zero-order valence-electron chi connectivity index (χ0n) is 10.8. The lowest BCUT2D eigenvalue weighted by atomic mass is 9.84. The molecule has 2 unspecified atom stereocenters. The Morgan fingerprint density at radius 2 is 1.84 bits per heavy atom. The van der Waals surface area contributed by atoms with Gasteiger partial charge in [-0.2, -0.15) is 13.2 Å². The fourth-order valence-corrected chi connectivity index (χ4v) is 3.22. The van der Waals surface area contributed by atoms with Gasteiger partial charge in [0.2, 0.25) is 0 Å². The SMILES string of the molecule is CSc1ccccc1NC1CCCCC1C(F)(F)F. The van der Waals surface area contributed by atoms with Crippen LogP contribution >= 0.6 is 11.8 Å². The van der Waals surface area contributed by atoms with Gasteiger partial charge < -0.3 is 5.32 Å². The zero-order chi connectivity index (χ0) is 13.9. The van der Waals surface area contributed by atoms with Crippen molar-refractivity contribution in [3.05, 3.63) is 24.3 Å². The first-order valence-electron chi connectivity index (χ1n) is 6.48. The molecular formula is C14H18F3NS. The summed E-state index contributed by atoms with van der Waals surface area (Å²) < 4.78 is 39.1. The number of rotatable bonds is 3. The van der Waals surface area contributed by atoms with Crippen LogP contribution in [0.3, 0.4) is 0 Å². The van der Waals surface area contributed by atoms with Crippen molar-refractivity contribution in [2.45, 2.75) is 42.8 Å². The first kappa shape index (κ1) is 14.6. The number of nitrogens with one attached hydrogen (secondary N) is 1. The molecule has 1 aliphatic carbocycles. The average molecular weight is 289 g/mol. The third-order valence-corrected chi connectivity index (χ3v) is 4.43. The third kappa shape index (κ3) is 3.59. The molecule has 0 spiro atoms. The summed E-state index contributed by atoms with van der Waals surface area (Å²) in [5.41, 5.74) is 0.816. The van der Waals surface area contributed by atoms with Crippen LogP contribution in [-0.2, 0) is 0 Å². The van der Waals surface area contributed by atoms with Gasteiger partial charge in [0.25, 0.3) is 0 Å². The van der Waals surface area contributed by atoms with Crippen molar-refractivity contribution < 1.29 is 13.2 Å². The lowest BCUT2D eigenvalue weighted by molar-refractivity contribution is -0.184. The molecular weight excluding hydrogens is 271 g/mol. The van der Waals surface area contributed by atoms with E-state index >= 15 is 0 Å². The minimum absolute atomic E-state index is 0.239. The van der Waals surface area contributed by atoms with Crippen molar-refractivity contribution in [3.63, 3.8) is 0 Å². The van der Waals surface area contributed by atoms with Gasteiger partial charge in [0, 0.05) is 16.6 Å². The lowest BCUT2D eigenvalue weighted by Gasteiger charge is -2.34. The Labute approximate surface area is 116 Å².